The van der Waals surface area contributed by atoms with Gasteiger partial charge in [0.1, 0.15) is 11.6 Å². The third kappa shape index (κ3) is 3.32. The van der Waals surface area contributed by atoms with Crippen LogP contribution < -0.4 is 10.6 Å². The van der Waals surface area contributed by atoms with Gasteiger partial charge in [-0.2, -0.15) is 0 Å². The Labute approximate surface area is 108 Å². The number of anilines is 2. The van der Waals surface area contributed by atoms with Gasteiger partial charge in [0.05, 0.1) is 12.4 Å². The van der Waals surface area contributed by atoms with Crippen LogP contribution in [0, 0.1) is 5.92 Å². The number of hydrogen-bond donors (Lipinski definition) is 3. The Kier molecular flexibility index (Phi) is 4.75. The molecule has 100 valence electrons. The molecule has 3 N–H and O–H groups in total. The van der Waals surface area contributed by atoms with Crippen molar-refractivity contribution >= 4 is 11.6 Å². The van der Waals surface area contributed by atoms with E-state index >= 15 is 0 Å². The Balaban J connectivity index is 2.00. The van der Waals surface area contributed by atoms with Crippen LogP contribution in [-0.4, -0.2) is 34.3 Å². The summed E-state index contributed by atoms with van der Waals surface area (Å²) in [5, 5.41) is 15.9. The molecule has 0 radical (unpaired) electrons. The van der Waals surface area contributed by atoms with E-state index in [9.17, 15) is 5.11 Å². The monoisotopic (exact) mass is 250 g/mol. The van der Waals surface area contributed by atoms with E-state index in [1.807, 2.05) is 6.92 Å². The van der Waals surface area contributed by atoms with Gasteiger partial charge in [-0.1, -0.05) is 12.8 Å². The van der Waals surface area contributed by atoms with Crippen molar-refractivity contribution in [2.45, 2.75) is 38.6 Å². The molecule has 0 saturated heterocycles. The van der Waals surface area contributed by atoms with Crippen molar-refractivity contribution in [1.82, 2.24) is 9.97 Å². The van der Waals surface area contributed by atoms with Gasteiger partial charge in [-0.05, 0) is 19.8 Å². The summed E-state index contributed by atoms with van der Waals surface area (Å²) in [7, 11) is 0. The normalized spacial score (nSPS) is 23.7. The number of aliphatic hydroxyl groups excluding tert-OH is 1. The zero-order valence-corrected chi connectivity index (χ0v) is 10.9. The average Bonchev–Trinajstić information content (AvgIpc) is 2.40. The highest BCUT2D eigenvalue weighted by Gasteiger charge is 2.24. The van der Waals surface area contributed by atoms with E-state index in [0.29, 0.717) is 12.0 Å². The lowest BCUT2D eigenvalue weighted by molar-refractivity contribution is 0.178. The van der Waals surface area contributed by atoms with Crippen molar-refractivity contribution in [3.8, 4) is 0 Å². The van der Waals surface area contributed by atoms with E-state index in [2.05, 4.69) is 20.6 Å². The van der Waals surface area contributed by atoms with E-state index in [-0.39, 0.29) is 6.61 Å². The Hall–Kier alpha value is -1.36. The first-order valence-electron chi connectivity index (χ1n) is 6.76. The molecule has 0 aliphatic heterocycles. The van der Waals surface area contributed by atoms with Gasteiger partial charge in [-0.25, -0.2) is 4.98 Å². The molecule has 0 spiro atoms. The molecule has 1 heterocycles. The third-order valence-electron chi connectivity index (χ3n) is 3.47. The summed E-state index contributed by atoms with van der Waals surface area (Å²) in [6.07, 6.45) is 8.08. The van der Waals surface area contributed by atoms with Crippen LogP contribution in [-0.2, 0) is 0 Å². The van der Waals surface area contributed by atoms with Gasteiger partial charge in [0.25, 0.3) is 0 Å². The van der Waals surface area contributed by atoms with Gasteiger partial charge in [0.2, 0.25) is 0 Å². The number of aromatic nitrogens is 2. The molecular weight excluding hydrogens is 228 g/mol. The van der Waals surface area contributed by atoms with Gasteiger partial charge < -0.3 is 15.7 Å². The van der Waals surface area contributed by atoms with Crippen molar-refractivity contribution in [3.05, 3.63) is 12.4 Å². The molecule has 1 aliphatic rings. The van der Waals surface area contributed by atoms with E-state index in [1.54, 1.807) is 12.4 Å². The van der Waals surface area contributed by atoms with Crippen LogP contribution in [0.5, 0.6) is 0 Å². The lowest BCUT2D eigenvalue weighted by Gasteiger charge is -2.31. The van der Waals surface area contributed by atoms with E-state index in [0.717, 1.165) is 31.0 Å². The van der Waals surface area contributed by atoms with E-state index in [4.69, 9.17) is 0 Å². The van der Waals surface area contributed by atoms with Crippen LogP contribution >= 0.6 is 0 Å². The molecule has 2 atom stereocenters. The lowest BCUT2D eigenvalue weighted by atomic mass is 9.85. The van der Waals surface area contributed by atoms with Gasteiger partial charge in [0.15, 0.2) is 0 Å². The predicted molar refractivity (Wildman–Crippen MR) is 72.7 cm³/mol. The van der Waals surface area contributed by atoms with Crippen molar-refractivity contribution in [1.29, 1.82) is 0 Å². The maximum Gasteiger partial charge on any atom is 0.147 e. The average molecular weight is 250 g/mol. The molecule has 1 aromatic rings. The second-order valence-corrected chi connectivity index (χ2v) is 4.80. The zero-order valence-electron chi connectivity index (χ0n) is 10.9. The van der Waals surface area contributed by atoms with Crippen LogP contribution in [0.25, 0.3) is 0 Å². The van der Waals surface area contributed by atoms with Crippen LogP contribution in [0.3, 0.4) is 0 Å². The SMILES string of the molecule is CCNc1cncc(NC2CCCCC2CO)n1. The first kappa shape index (κ1) is 13.1. The van der Waals surface area contributed by atoms with Gasteiger partial charge in [-0.15, -0.1) is 0 Å². The molecule has 18 heavy (non-hydrogen) atoms. The minimum absolute atomic E-state index is 0.248. The fourth-order valence-corrected chi connectivity index (χ4v) is 2.51. The van der Waals surface area contributed by atoms with Crippen molar-refractivity contribution in [3.63, 3.8) is 0 Å². The second-order valence-electron chi connectivity index (χ2n) is 4.80. The summed E-state index contributed by atoms with van der Waals surface area (Å²) in [5.41, 5.74) is 0. The molecule has 1 aliphatic carbocycles. The molecule has 2 rings (SSSR count). The van der Waals surface area contributed by atoms with Crippen LogP contribution in [0.4, 0.5) is 11.6 Å². The fraction of sp³-hybridized carbons (Fsp3) is 0.692. The summed E-state index contributed by atoms with van der Waals surface area (Å²) in [6.45, 7) is 3.11. The molecule has 1 fully saturated rings. The number of nitrogens with one attached hydrogen (secondary N) is 2. The zero-order chi connectivity index (χ0) is 12.8. The van der Waals surface area contributed by atoms with Crippen molar-refractivity contribution < 1.29 is 5.11 Å². The summed E-state index contributed by atoms with van der Waals surface area (Å²) >= 11 is 0. The largest absolute Gasteiger partial charge is 0.396 e. The quantitative estimate of drug-likeness (QED) is 0.744. The Bertz CT molecular complexity index is 372. The highest BCUT2D eigenvalue weighted by atomic mass is 16.3. The number of hydrogen-bond acceptors (Lipinski definition) is 5. The Morgan fingerprint density at radius 3 is 2.83 bits per heavy atom. The summed E-state index contributed by atoms with van der Waals surface area (Å²) in [5.74, 6) is 1.92. The van der Waals surface area contributed by atoms with Crippen LogP contribution in [0.15, 0.2) is 12.4 Å². The van der Waals surface area contributed by atoms with Crippen molar-refractivity contribution in [2.24, 2.45) is 5.92 Å². The Morgan fingerprint density at radius 1 is 1.28 bits per heavy atom. The highest BCUT2D eigenvalue weighted by molar-refractivity contribution is 5.42. The molecule has 0 bridgehead atoms. The first-order valence-corrected chi connectivity index (χ1v) is 6.76. The lowest BCUT2D eigenvalue weighted by Crippen LogP contribution is -2.34. The molecule has 0 aromatic carbocycles. The minimum Gasteiger partial charge on any atom is -0.396 e. The van der Waals surface area contributed by atoms with Crippen LogP contribution in [0.2, 0.25) is 0 Å². The van der Waals surface area contributed by atoms with Gasteiger partial charge >= 0.3 is 0 Å². The van der Waals surface area contributed by atoms with Crippen LogP contribution in [0.1, 0.15) is 32.6 Å². The third-order valence-corrected chi connectivity index (χ3v) is 3.47. The maximum absolute atomic E-state index is 9.39. The smallest absolute Gasteiger partial charge is 0.147 e. The maximum atomic E-state index is 9.39. The molecule has 1 saturated carbocycles. The number of nitrogens with zero attached hydrogens (tertiary/aromatic N) is 2. The first-order chi connectivity index (χ1) is 8.83. The van der Waals surface area contributed by atoms with Gasteiger partial charge in [-0.3, -0.25) is 4.98 Å². The standard InChI is InChI=1S/C13H22N4O/c1-2-15-12-7-14-8-13(17-12)16-11-6-4-3-5-10(11)9-18/h7-8,10-11,18H,2-6,9H2,1H3,(H2,15,16,17). The van der Waals surface area contributed by atoms with E-state index < -0.39 is 0 Å². The molecule has 5 heteroatoms. The minimum atomic E-state index is 0.248. The van der Waals surface area contributed by atoms with E-state index in [1.165, 1.54) is 12.8 Å². The van der Waals surface area contributed by atoms with Crippen molar-refractivity contribution in [2.75, 3.05) is 23.8 Å². The topological polar surface area (TPSA) is 70.1 Å². The molecule has 1 aromatic heterocycles. The molecule has 2 unspecified atom stereocenters. The molecular formula is C13H22N4O. The number of aliphatic hydroxyl groups is 1. The molecule has 0 amide bonds. The fourth-order valence-electron chi connectivity index (χ4n) is 2.51. The van der Waals surface area contributed by atoms with Gasteiger partial charge in [0, 0.05) is 25.1 Å². The summed E-state index contributed by atoms with van der Waals surface area (Å²) in [6, 6.07) is 0.315. The summed E-state index contributed by atoms with van der Waals surface area (Å²) < 4.78 is 0. The highest BCUT2D eigenvalue weighted by Crippen LogP contribution is 2.26. The second kappa shape index (κ2) is 6.54. The predicted octanol–water partition coefficient (Wildman–Crippen LogP) is 1.87. The Morgan fingerprint density at radius 2 is 2.06 bits per heavy atom. The number of rotatable bonds is 5. The molecule has 5 nitrogen and oxygen atoms in total. The summed E-state index contributed by atoms with van der Waals surface area (Å²) in [4.78, 5) is 8.63.